The zero-order valence-electron chi connectivity index (χ0n) is 14.8. The van der Waals surface area contributed by atoms with Gasteiger partial charge in [-0.3, -0.25) is 4.79 Å². The largest absolute Gasteiger partial charge is 0.350 e. The van der Waals surface area contributed by atoms with Crippen molar-refractivity contribution in [3.8, 4) is 5.69 Å². The number of rotatable bonds is 4. The Bertz CT molecular complexity index is 922. The minimum absolute atomic E-state index is 0.165. The Hall–Kier alpha value is -2.89. The van der Waals surface area contributed by atoms with Crippen molar-refractivity contribution < 1.29 is 9.18 Å². The number of nitrogens with one attached hydrogen (secondary N) is 1. The van der Waals surface area contributed by atoms with Gasteiger partial charge in [0.2, 0.25) is 0 Å². The highest BCUT2D eigenvalue weighted by atomic mass is 19.1. The first kappa shape index (κ1) is 17.0. The van der Waals surface area contributed by atoms with Gasteiger partial charge in [0.1, 0.15) is 5.82 Å². The summed E-state index contributed by atoms with van der Waals surface area (Å²) in [5.41, 5.74) is 4.81. The number of carbonyl (C=O) groups is 1. The third-order valence-electron chi connectivity index (χ3n) is 4.50. The maximum Gasteiger partial charge on any atom is 0.255 e. The summed E-state index contributed by atoms with van der Waals surface area (Å²) in [4.78, 5) is 12.6. The summed E-state index contributed by atoms with van der Waals surface area (Å²) < 4.78 is 16.8. The van der Waals surface area contributed by atoms with Gasteiger partial charge in [0.15, 0.2) is 0 Å². The highest BCUT2D eigenvalue weighted by Crippen LogP contribution is 2.18. The number of carbonyl (C=O) groups excluding carboxylic acids is 1. The van der Waals surface area contributed by atoms with E-state index in [1.54, 1.807) is 23.7 Å². The predicted molar refractivity (Wildman–Crippen MR) is 94.3 cm³/mol. The van der Waals surface area contributed by atoms with Gasteiger partial charge in [0.05, 0.1) is 29.2 Å². The van der Waals surface area contributed by atoms with Crippen LogP contribution in [0.15, 0.2) is 36.4 Å². The number of nitrogens with zero attached hydrogens (tertiary/aromatic N) is 3. The van der Waals surface area contributed by atoms with Crippen molar-refractivity contribution >= 4 is 5.91 Å². The van der Waals surface area contributed by atoms with Gasteiger partial charge in [0.25, 0.3) is 5.91 Å². The molecule has 3 aromatic rings. The topological polar surface area (TPSA) is 51.9 Å². The number of benzene rings is 1. The van der Waals surface area contributed by atoms with Gasteiger partial charge in [-0.1, -0.05) is 0 Å². The third-order valence-corrected chi connectivity index (χ3v) is 4.50. The second-order valence-corrected chi connectivity index (χ2v) is 6.14. The van der Waals surface area contributed by atoms with E-state index in [0.29, 0.717) is 17.8 Å². The third kappa shape index (κ3) is 3.20. The molecular weight excluding hydrogens is 319 g/mol. The average molecular weight is 340 g/mol. The van der Waals surface area contributed by atoms with Crippen molar-refractivity contribution in [2.75, 3.05) is 0 Å². The summed E-state index contributed by atoms with van der Waals surface area (Å²) in [6.07, 6.45) is 0. The SMILES string of the molecule is Cc1nn(-c2ccc(F)cc2)c(C)c1C(=O)NCc1ccc(C)n1C. The fourth-order valence-electron chi connectivity index (χ4n) is 2.91. The van der Waals surface area contributed by atoms with Gasteiger partial charge in [-0.2, -0.15) is 5.10 Å². The molecule has 0 fully saturated rings. The normalized spacial score (nSPS) is 10.9. The van der Waals surface area contributed by atoms with Crippen molar-refractivity contribution in [2.45, 2.75) is 27.3 Å². The molecule has 0 atom stereocenters. The summed E-state index contributed by atoms with van der Waals surface area (Å²) in [7, 11) is 1.97. The van der Waals surface area contributed by atoms with Gasteiger partial charge in [-0.15, -0.1) is 0 Å². The monoisotopic (exact) mass is 340 g/mol. The van der Waals surface area contributed by atoms with E-state index in [1.165, 1.54) is 12.1 Å². The number of aryl methyl sites for hydroxylation is 2. The Morgan fingerprint density at radius 2 is 1.80 bits per heavy atom. The summed E-state index contributed by atoms with van der Waals surface area (Å²) in [6, 6.07) is 10.1. The maximum atomic E-state index is 13.1. The molecule has 3 rings (SSSR count). The summed E-state index contributed by atoms with van der Waals surface area (Å²) in [6.45, 7) is 6.11. The number of aromatic nitrogens is 3. The van der Waals surface area contributed by atoms with Crippen LogP contribution in [0.2, 0.25) is 0 Å². The van der Waals surface area contributed by atoms with Crippen LogP contribution < -0.4 is 5.32 Å². The molecule has 0 aliphatic rings. The number of halogens is 1. The first-order valence-electron chi connectivity index (χ1n) is 8.10. The molecule has 6 heteroatoms. The van der Waals surface area contributed by atoms with Crippen LogP contribution in [-0.2, 0) is 13.6 Å². The zero-order chi connectivity index (χ0) is 18.1. The van der Waals surface area contributed by atoms with Crippen LogP contribution in [0.25, 0.3) is 5.69 Å². The number of amides is 1. The molecular formula is C19H21FN4O. The maximum absolute atomic E-state index is 13.1. The van der Waals surface area contributed by atoms with Crippen LogP contribution in [0.5, 0.6) is 0 Å². The lowest BCUT2D eigenvalue weighted by atomic mass is 10.2. The fourth-order valence-corrected chi connectivity index (χ4v) is 2.91. The summed E-state index contributed by atoms with van der Waals surface area (Å²) in [5.74, 6) is -0.469. The van der Waals surface area contributed by atoms with Crippen LogP contribution in [-0.4, -0.2) is 20.3 Å². The number of hydrogen-bond acceptors (Lipinski definition) is 2. The molecule has 0 spiro atoms. The first-order valence-corrected chi connectivity index (χ1v) is 8.10. The second kappa shape index (κ2) is 6.55. The molecule has 0 aliphatic heterocycles. The molecule has 130 valence electrons. The molecule has 1 N–H and O–H groups in total. The van der Waals surface area contributed by atoms with Gasteiger partial charge < -0.3 is 9.88 Å². The Kier molecular flexibility index (Phi) is 4.44. The molecule has 2 aromatic heterocycles. The highest BCUT2D eigenvalue weighted by molar-refractivity contribution is 5.96. The Labute approximate surface area is 146 Å². The van der Waals surface area contributed by atoms with E-state index in [9.17, 15) is 9.18 Å². The van der Waals surface area contributed by atoms with Crippen molar-refractivity contribution in [1.29, 1.82) is 0 Å². The van der Waals surface area contributed by atoms with E-state index in [2.05, 4.69) is 10.4 Å². The van der Waals surface area contributed by atoms with Crippen LogP contribution in [0.1, 0.15) is 33.1 Å². The average Bonchev–Trinajstić information content (AvgIpc) is 3.06. The van der Waals surface area contributed by atoms with E-state index in [-0.39, 0.29) is 11.7 Å². The minimum atomic E-state index is -0.305. The van der Waals surface area contributed by atoms with E-state index >= 15 is 0 Å². The summed E-state index contributed by atoms with van der Waals surface area (Å²) >= 11 is 0. The smallest absolute Gasteiger partial charge is 0.255 e. The van der Waals surface area contributed by atoms with Gasteiger partial charge >= 0.3 is 0 Å². The van der Waals surface area contributed by atoms with E-state index in [4.69, 9.17) is 0 Å². The first-order chi connectivity index (χ1) is 11.9. The Morgan fingerprint density at radius 3 is 2.40 bits per heavy atom. The molecule has 0 unspecified atom stereocenters. The molecule has 0 saturated carbocycles. The lowest BCUT2D eigenvalue weighted by Crippen LogP contribution is -2.25. The molecule has 5 nitrogen and oxygen atoms in total. The van der Waals surface area contributed by atoms with Crippen molar-refractivity contribution in [3.63, 3.8) is 0 Å². The molecule has 2 heterocycles. The van der Waals surface area contributed by atoms with Gasteiger partial charge in [0, 0.05) is 18.4 Å². The van der Waals surface area contributed by atoms with E-state index in [1.807, 2.05) is 37.6 Å². The Morgan fingerprint density at radius 1 is 1.12 bits per heavy atom. The molecule has 0 radical (unpaired) electrons. The van der Waals surface area contributed by atoms with Crippen LogP contribution in [0, 0.1) is 26.6 Å². The lowest BCUT2D eigenvalue weighted by Gasteiger charge is -2.08. The van der Waals surface area contributed by atoms with Gasteiger partial charge in [-0.25, -0.2) is 9.07 Å². The van der Waals surface area contributed by atoms with Crippen LogP contribution >= 0.6 is 0 Å². The molecule has 1 aromatic carbocycles. The molecule has 0 aliphatic carbocycles. The zero-order valence-corrected chi connectivity index (χ0v) is 14.8. The van der Waals surface area contributed by atoms with Gasteiger partial charge in [-0.05, 0) is 57.2 Å². The molecule has 25 heavy (non-hydrogen) atoms. The number of hydrogen-bond donors (Lipinski definition) is 1. The van der Waals surface area contributed by atoms with E-state index < -0.39 is 0 Å². The lowest BCUT2D eigenvalue weighted by molar-refractivity contribution is 0.0949. The van der Waals surface area contributed by atoms with Crippen molar-refractivity contribution in [3.05, 3.63) is 70.6 Å². The molecule has 1 amide bonds. The van der Waals surface area contributed by atoms with Crippen LogP contribution in [0.4, 0.5) is 4.39 Å². The summed E-state index contributed by atoms with van der Waals surface area (Å²) in [5, 5.41) is 7.39. The quantitative estimate of drug-likeness (QED) is 0.793. The fraction of sp³-hybridized carbons (Fsp3) is 0.263. The highest BCUT2D eigenvalue weighted by Gasteiger charge is 2.19. The Balaban J connectivity index is 1.83. The van der Waals surface area contributed by atoms with Crippen molar-refractivity contribution in [1.82, 2.24) is 19.7 Å². The van der Waals surface area contributed by atoms with Crippen LogP contribution in [0.3, 0.4) is 0 Å². The van der Waals surface area contributed by atoms with E-state index in [0.717, 1.165) is 22.8 Å². The molecule has 0 bridgehead atoms. The molecule has 0 saturated heterocycles. The standard InChI is InChI=1S/C19H21FN4O/c1-12-5-8-17(23(12)4)11-21-19(25)18-13(2)22-24(14(18)3)16-9-6-15(20)7-10-16/h5-10H,11H2,1-4H3,(H,21,25). The second-order valence-electron chi connectivity index (χ2n) is 6.14. The van der Waals surface area contributed by atoms with Crippen molar-refractivity contribution in [2.24, 2.45) is 7.05 Å². The minimum Gasteiger partial charge on any atom is -0.350 e. The predicted octanol–water partition coefficient (Wildman–Crippen LogP) is 3.21.